The number of nitrogens with two attached hydrogens (primary N) is 1. The number of rotatable bonds is 7. The molecule has 14 heteroatoms. The summed E-state index contributed by atoms with van der Waals surface area (Å²) in [6.45, 7) is 1.96. The van der Waals surface area contributed by atoms with Gasteiger partial charge in [-0.25, -0.2) is 4.39 Å². The van der Waals surface area contributed by atoms with Crippen LogP contribution >= 0.6 is 34.4 Å². The number of anilines is 2. The first kappa shape index (κ1) is 26.0. The van der Waals surface area contributed by atoms with E-state index in [1.165, 1.54) is 46.6 Å². The summed E-state index contributed by atoms with van der Waals surface area (Å²) < 4.78 is 14.1. The summed E-state index contributed by atoms with van der Waals surface area (Å²) in [5.74, 6) is -1.18. The zero-order chi connectivity index (χ0) is 26.8. The van der Waals surface area contributed by atoms with Gasteiger partial charge in [-0.3, -0.25) is 19.8 Å². The maximum Gasteiger partial charge on any atom is 0.236 e. The number of nitriles is 1. The predicted molar refractivity (Wildman–Crippen MR) is 143 cm³/mol. The number of nitrogens with one attached hydrogen (secondary N) is 1. The average molecular weight is 569 g/mol. The van der Waals surface area contributed by atoms with Crippen molar-refractivity contribution in [3.05, 3.63) is 63.3 Å². The van der Waals surface area contributed by atoms with E-state index in [4.69, 9.17) is 5.73 Å². The molecule has 3 heterocycles. The Labute approximate surface area is 229 Å². The van der Waals surface area contributed by atoms with Crippen molar-refractivity contribution in [3.8, 4) is 6.07 Å². The third kappa shape index (κ3) is 5.04. The van der Waals surface area contributed by atoms with Gasteiger partial charge in [0.15, 0.2) is 10.1 Å². The molecule has 0 radical (unpaired) electrons. The number of nitrogens with zero attached hydrogens (tertiary/aromatic N) is 6. The van der Waals surface area contributed by atoms with E-state index >= 15 is 0 Å². The van der Waals surface area contributed by atoms with Gasteiger partial charge >= 0.3 is 0 Å². The van der Waals surface area contributed by atoms with E-state index in [-0.39, 0.29) is 28.8 Å². The van der Waals surface area contributed by atoms with E-state index in [2.05, 4.69) is 31.8 Å². The van der Waals surface area contributed by atoms with Gasteiger partial charge in [0.1, 0.15) is 16.6 Å². The zero-order valence-electron chi connectivity index (χ0n) is 20.1. The standard InChI is InChI=1S/C24H21FN8O2S3/c1-2-18-29-30-22(37-18)28-17(35)11-36-24-32-31-23(38-24)33-15-4-3-5-16(34)20(15)19(14(10-26)21(33)27)12-6-8-13(25)9-7-12/h6-9,19H,2-5,11,27H2,1H3,(H,28,30,35). The molecule has 1 aromatic carbocycles. The Bertz CT molecular complexity index is 1510. The van der Waals surface area contributed by atoms with Crippen LogP contribution in [0.1, 0.15) is 42.7 Å². The molecule has 0 fully saturated rings. The Hall–Kier alpha value is -3.67. The van der Waals surface area contributed by atoms with Crippen molar-refractivity contribution in [1.29, 1.82) is 5.26 Å². The molecule has 0 saturated heterocycles. The Morgan fingerprint density at radius 2 is 2.03 bits per heavy atom. The quantitative estimate of drug-likeness (QED) is 0.398. The predicted octanol–water partition coefficient (Wildman–Crippen LogP) is 4.13. The Morgan fingerprint density at radius 1 is 1.24 bits per heavy atom. The molecular formula is C24H21FN8O2S3. The lowest BCUT2D eigenvalue weighted by atomic mass is 9.76. The van der Waals surface area contributed by atoms with E-state index in [1.807, 2.05) is 6.92 Å². The molecule has 3 aromatic rings. The largest absolute Gasteiger partial charge is 0.384 e. The first-order chi connectivity index (χ1) is 18.4. The number of benzene rings is 1. The van der Waals surface area contributed by atoms with Gasteiger partial charge in [-0.2, -0.15) is 5.26 Å². The fourth-order valence-corrected chi connectivity index (χ4v) is 6.75. The van der Waals surface area contributed by atoms with Crippen LogP contribution in [0.4, 0.5) is 14.7 Å². The molecule has 0 spiro atoms. The van der Waals surface area contributed by atoms with Crippen LogP contribution in [0.25, 0.3) is 0 Å². The number of allylic oxidation sites excluding steroid dienone is 3. The van der Waals surface area contributed by atoms with Crippen molar-refractivity contribution in [2.24, 2.45) is 5.73 Å². The first-order valence-corrected chi connectivity index (χ1v) is 14.3. The number of Topliss-reactive ketones (excluding diaryl/α,β-unsaturated/α-hetero) is 1. The van der Waals surface area contributed by atoms with Gasteiger partial charge in [0.2, 0.25) is 16.2 Å². The molecule has 3 N–H and O–H groups in total. The highest BCUT2D eigenvalue weighted by molar-refractivity contribution is 8.01. The van der Waals surface area contributed by atoms with E-state index in [0.29, 0.717) is 50.7 Å². The van der Waals surface area contributed by atoms with Gasteiger partial charge < -0.3 is 5.73 Å². The topological polar surface area (TPSA) is 151 Å². The Balaban J connectivity index is 1.41. The van der Waals surface area contributed by atoms with E-state index < -0.39 is 11.7 Å². The lowest BCUT2D eigenvalue weighted by Gasteiger charge is -2.38. The van der Waals surface area contributed by atoms with Crippen molar-refractivity contribution in [2.45, 2.75) is 42.9 Å². The van der Waals surface area contributed by atoms with Crippen molar-refractivity contribution < 1.29 is 14.0 Å². The van der Waals surface area contributed by atoms with Gasteiger partial charge in [-0.15, -0.1) is 20.4 Å². The van der Waals surface area contributed by atoms with E-state index in [9.17, 15) is 19.2 Å². The molecule has 1 unspecified atom stereocenters. The van der Waals surface area contributed by atoms with Crippen molar-refractivity contribution in [3.63, 3.8) is 0 Å². The lowest BCUT2D eigenvalue weighted by Crippen LogP contribution is -2.38. The third-order valence-corrected chi connectivity index (χ3v) is 9.07. The summed E-state index contributed by atoms with van der Waals surface area (Å²) in [4.78, 5) is 27.1. The molecule has 0 bridgehead atoms. The fourth-order valence-electron chi connectivity index (χ4n) is 4.37. The summed E-state index contributed by atoms with van der Waals surface area (Å²) in [5, 5.41) is 30.9. The second-order valence-corrected chi connectivity index (χ2v) is 11.7. The molecule has 1 atom stereocenters. The summed E-state index contributed by atoms with van der Waals surface area (Å²) >= 11 is 3.74. The highest BCUT2D eigenvalue weighted by Crippen LogP contribution is 2.47. The maximum absolute atomic E-state index is 13.6. The molecule has 2 aliphatic rings. The number of ketones is 1. The number of aryl methyl sites for hydroxylation is 1. The number of carbonyl (C=O) groups excluding carboxylic acids is 2. The molecule has 1 aliphatic heterocycles. The van der Waals surface area contributed by atoms with Crippen LogP contribution in [0, 0.1) is 17.1 Å². The van der Waals surface area contributed by atoms with Gasteiger partial charge in [-0.05, 0) is 37.0 Å². The number of thioether (sulfide) groups is 1. The van der Waals surface area contributed by atoms with Crippen LogP contribution < -0.4 is 16.0 Å². The van der Waals surface area contributed by atoms with Crippen LogP contribution in [0.2, 0.25) is 0 Å². The minimum Gasteiger partial charge on any atom is -0.384 e. The normalized spacial score (nSPS) is 17.4. The Morgan fingerprint density at radius 3 is 2.74 bits per heavy atom. The zero-order valence-corrected chi connectivity index (χ0v) is 22.6. The van der Waals surface area contributed by atoms with Crippen LogP contribution in [0.3, 0.4) is 0 Å². The average Bonchev–Trinajstić information content (AvgIpc) is 3.57. The Kier molecular flexibility index (Phi) is 7.50. The van der Waals surface area contributed by atoms with Crippen LogP contribution in [-0.4, -0.2) is 37.8 Å². The number of aromatic nitrogens is 4. The van der Waals surface area contributed by atoms with Crippen LogP contribution in [0.5, 0.6) is 0 Å². The lowest BCUT2D eigenvalue weighted by molar-refractivity contribution is -0.116. The second kappa shape index (κ2) is 11.0. The fraction of sp³-hybridized carbons (Fsp3) is 0.292. The summed E-state index contributed by atoms with van der Waals surface area (Å²) in [5.41, 5.74) is 8.48. The van der Waals surface area contributed by atoms with E-state index in [1.54, 1.807) is 17.0 Å². The van der Waals surface area contributed by atoms with Gasteiger partial charge in [0.25, 0.3) is 0 Å². The molecule has 38 heavy (non-hydrogen) atoms. The van der Waals surface area contributed by atoms with Gasteiger partial charge in [0, 0.05) is 17.7 Å². The molecule has 1 amide bonds. The molecule has 0 saturated carbocycles. The van der Waals surface area contributed by atoms with Crippen molar-refractivity contribution >= 4 is 56.4 Å². The number of hydrogen-bond donors (Lipinski definition) is 2. The van der Waals surface area contributed by atoms with Gasteiger partial charge in [0.05, 0.1) is 23.3 Å². The van der Waals surface area contributed by atoms with Crippen molar-refractivity contribution in [2.75, 3.05) is 16.0 Å². The first-order valence-electron chi connectivity index (χ1n) is 11.7. The number of carbonyl (C=O) groups is 2. The van der Waals surface area contributed by atoms with E-state index in [0.717, 1.165) is 11.4 Å². The SMILES string of the molecule is CCc1nnc(NC(=O)CSc2nnc(N3C(N)=C(C#N)C(c4ccc(F)cc4)C4=C3CCCC4=O)s2)s1. The maximum atomic E-state index is 13.6. The number of hydrogen-bond acceptors (Lipinski definition) is 12. The summed E-state index contributed by atoms with van der Waals surface area (Å²) in [7, 11) is 0. The highest BCUT2D eigenvalue weighted by atomic mass is 32.2. The molecule has 1 aliphatic carbocycles. The van der Waals surface area contributed by atoms with Gasteiger partial charge in [-0.1, -0.05) is 53.5 Å². The third-order valence-electron chi connectivity index (χ3n) is 6.05. The monoisotopic (exact) mass is 568 g/mol. The number of halogens is 1. The molecule has 5 rings (SSSR count). The summed E-state index contributed by atoms with van der Waals surface area (Å²) in [6, 6.07) is 7.92. The second-order valence-electron chi connectivity index (χ2n) is 8.41. The minimum absolute atomic E-state index is 0.0792. The number of amides is 1. The molecular weight excluding hydrogens is 548 g/mol. The molecule has 194 valence electrons. The molecule has 10 nitrogen and oxygen atoms in total. The highest BCUT2D eigenvalue weighted by Gasteiger charge is 2.41. The smallest absolute Gasteiger partial charge is 0.236 e. The molecule has 2 aromatic heterocycles. The van der Waals surface area contributed by atoms with Crippen LogP contribution in [-0.2, 0) is 16.0 Å². The summed E-state index contributed by atoms with van der Waals surface area (Å²) in [6.07, 6.45) is 2.28. The van der Waals surface area contributed by atoms with Crippen molar-refractivity contribution in [1.82, 2.24) is 20.4 Å². The minimum atomic E-state index is -0.682. The van der Waals surface area contributed by atoms with Crippen LogP contribution in [0.15, 0.2) is 51.3 Å².